The highest BCUT2D eigenvalue weighted by atomic mass is 127. The van der Waals surface area contributed by atoms with E-state index in [1.54, 1.807) is 31.3 Å². The molecule has 2 aromatic rings. The quantitative estimate of drug-likeness (QED) is 0.249. The Bertz CT molecular complexity index is 881. The molecule has 0 spiro atoms. The van der Waals surface area contributed by atoms with Gasteiger partial charge in [0.25, 0.3) is 0 Å². The van der Waals surface area contributed by atoms with Crippen LogP contribution in [0, 0.1) is 5.92 Å². The molecule has 0 aromatic heterocycles. The van der Waals surface area contributed by atoms with Gasteiger partial charge in [-0.2, -0.15) is 0 Å². The van der Waals surface area contributed by atoms with Gasteiger partial charge in [0.1, 0.15) is 0 Å². The molecule has 2 aromatic carbocycles. The highest BCUT2D eigenvalue weighted by Gasteiger charge is 2.21. The predicted octanol–water partition coefficient (Wildman–Crippen LogP) is 4.00. The number of piperidine rings is 1. The second-order valence-electron chi connectivity index (χ2n) is 7.58. The smallest absolute Gasteiger partial charge is 0.193 e. The molecule has 164 valence electrons. The van der Waals surface area contributed by atoms with Gasteiger partial charge in [0.15, 0.2) is 15.8 Å². The minimum Gasteiger partial charge on any atom is -0.356 e. The highest BCUT2D eigenvalue weighted by Crippen LogP contribution is 2.21. The van der Waals surface area contributed by atoms with Gasteiger partial charge in [-0.05, 0) is 49.3 Å². The van der Waals surface area contributed by atoms with E-state index in [4.69, 9.17) is 0 Å². The van der Waals surface area contributed by atoms with Crippen molar-refractivity contribution in [1.29, 1.82) is 0 Å². The molecule has 3 rings (SSSR count). The maximum absolute atomic E-state index is 12.4. The Hall–Kier alpha value is -1.61. The van der Waals surface area contributed by atoms with Gasteiger partial charge in [-0.25, -0.2) is 8.42 Å². The van der Waals surface area contributed by atoms with Gasteiger partial charge in [-0.15, -0.1) is 24.0 Å². The zero-order valence-electron chi connectivity index (χ0n) is 17.5. The summed E-state index contributed by atoms with van der Waals surface area (Å²) in [5, 5.41) is 3.34. The Kier molecular flexibility index (Phi) is 10.1. The summed E-state index contributed by atoms with van der Waals surface area (Å²) in [5.74, 6) is 1.73. The first-order valence-electron chi connectivity index (χ1n) is 10.4. The molecule has 0 saturated carbocycles. The van der Waals surface area contributed by atoms with Crippen molar-refractivity contribution in [2.45, 2.75) is 30.6 Å². The summed E-state index contributed by atoms with van der Waals surface area (Å²) in [6.45, 7) is 2.57. The number of hydrogen-bond donors (Lipinski definition) is 1. The minimum atomic E-state index is -3.22. The third-order valence-electron chi connectivity index (χ3n) is 5.47. The molecular formula is C23H32IN3O2S. The Morgan fingerprint density at radius 2 is 1.63 bits per heavy atom. The highest BCUT2D eigenvalue weighted by molar-refractivity contribution is 14.0. The van der Waals surface area contributed by atoms with Crippen LogP contribution in [0.2, 0.25) is 0 Å². The normalized spacial score (nSPS) is 15.5. The maximum atomic E-state index is 12.4. The van der Waals surface area contributed by atoms with Crippen molar-refractivity contribution in [3.63, 3.8) is 0 Å². The standard InChI is InChI=1S/C23H31N3O2S.HI/c1-24-23(25-15-8-18-29(27,28)22-11-6-3-7-12-22)26-16-13-21(14-17-26)19-20-9-4-2-5-10-20;/h2-7,9-12,21H,8,13-19H2,1H3,(H,24,25);1H. The summed E-state index contributed by atoms with van der Waals surface area (Å²) in [6.07, 6.45) is 3.99. The van der Waals surface area contributed by atoms with Gasteiger partial charge in [0.2, 0.25) is 0 Å². The van der Waals surface area contributed by atoms with Crippen molar-refractivity contribution in [2.75, 3.05) is 32.4 Å². The van der Waals surface area contributed by atoms with Crippen molar-refractivity contribution in [3.05, 3.63) is 66.2 Å². The van der Waals surface area contributed by atoms with Gasteiger partial charge in [0.05, 0.1) is 10.6 Å². The van der Waals surface area contributed by atoms with Gasteiger partial charge in [-0.3, -0.25) is 4.99 Å². The summed E-state index contributed by atoms with van der Waals surface area (Å²) >= 11 is 0. The Morgan fingerprint density at radius 1 is 1.03 bits per heavy atom. The van der Waals surface area contributed by atoms with Crippen molar-refractivity contribution >= 4 is 39.8 Å². The fourth-order valence-electron chi connectivity index (χ4n) is 3.84. The van der Waals surface area contributed by atoms with E-state index >= 15 is 0 Å². The predicted molar refractivity (Wildman–Crippen MR) is 134 cm³/mol. The molecule has 5 nitrogen and oxygen atoms in total. The Labute approximate surface area is 197 Å². The second kappa shape index (κ2) is 12.3. The van der Waals surface area contributed by atoms with E-state index in [0.29, 0.717) is 23.8 Å². The third-order valence-corrected chi connectivity index (χ3v) is 7.28. The van der Waals surface area contributed by atoms with E-state index in [0.717, 1.165) is 38.3 Å². The Morgan fingerprint density at radius 3 is 2.23 bits per heavy atom. The van der Waals surface area contributed by atoms with Crippen LogP contribution in [0.25, 0.3) is 0 Å². The number of hydrogen-bond acceptors (Lipinski definition) is 3. The molecule has 0 unspecified atom stereocenters. The van der Waals surface area contributed by atoms with Crippen LogP contribution >= 0.6 is 24.0 Å². The molecular weight excluding hydrogens is 509 g/mol. The summed E-state index contributed by atoms with van der Waals surface area (Å²) in [7, 11) is -1.43. The molecule has 1 fully saturated rings. The van der Waals surface area contributed by atoms with Gasteiger partial charge >= 0.3 is 0 Å². The first-order chi connectivity index (χ1) is 14.1. The largest absolute Gasteiger partial charge is 0.356 e. The van der Waals surface area contributed by atoms with Crippen LogP contribution < -0.4 is 5.32 Å². The summed E-state index contributed by atoms with van der Waals surface area (Å²) in [5.41, 5.74) is 1.41. The van der Waals surface area contributed by atoms with Gasteiger partial charge in [-0.1, -0.05) is 48.5 Å². The average Bonchev–Trinajstić information content (AvgIpc) is 2.76. The van der Waals surface area contributed by atoms with Crippen LogP contribution in [0.15, 0.2) is 70.6 Å². The molecule has 1 aliphatic heterocycles. The van der Waals surface area contributed by atoms with Crippen molar-refractivity contribution < 1.29 is 8.42 Å². The van der Waals surface area contributed by atoms with E-state index in [-0.39, 0.29) is 29.7 Å². The topological polar surface area (TPSA) is 61.8 Å². The molecule has 0 amide bonds. The zero-order valence-corrected chi connectivity index (χ0v) is 20.7. The number of likely N-dealkylation sites (tertiary alicyclic amines) is 1. The molecule has 1 N–H and O–H groups in total. The molecule has 0 atom stereocenters. The molecule has 0 aliphatic carbocycles. The summed E-state index contributed by atoms with van der Waals surface area (Å²) < 4.78 is 24.7. The molecule has 7 heteroatoms. The molecule has 1 heterocycles. The molecule has 1 aliphatic rings. The molecule has 1 saturated heterocycles. The summed E-state index contributed by atoms with van der Waals surface area (Å²) in [4.78, 5) is 7.07. The van der Waals surface area contributed by atoms with Crippen molar-refractivity contribution in [3.8, 4) is 0 Å². The zero-order chi connectivity index (χ0) is 20.5. The van der Waals surface area contributed by atoms with Gasteiger partial charge < -0.3 is 10.2 Å². The summed E-state index contributed by atoms with van der Waals surface area (Å²) in [6, 6.07) is 19.3. The number of aliphatic imine (C=N–C) groups is 1. The van der Waals surface area contributed by atoms with Crippen LogP contribution in [0.4, 0.5) is 0 Å². The second-order valence-corrected chi connectivity index (χ2v) is 9.69. The minimum absolute atomic E-state index is 0. The number of benzene rings is 2. The van der Waals surface area contributed by atoms with Crippen LogP contribution in [0.5, 0.6) is 0 Å². The van der Waals surface area contributed by atoms with E-state index in [2.05, 4.69) is 45.5 Å². The number of rotatable bonds is 7. The van der Waals surface area contributed by atoms with Crippen LogP contribution in [0.3, 0.4) is 0 Å². The lowest BCUT2D eigenvalue weighted by Gasteiger charge is -2.34. The molecule has 0 bridgehead atoms. The van der Waals surface area contributed by atoms with E-state index in [1.807, 2.05) is 6.07 Å². The lowest BCUT2D eigenvalue weighted by molar-refractivity contribution is 0.259. The number of halogens is 1. The number of nitrogens with zero attached hydrogens (tertiary/aromatic N) is 2. The molecule has 0 radical (unpaired) electrons. The SMILES string of the molecule is CN=C(NCCCS(=O)(=O)c1ccccc1)N1CCC(Cc2ccccc2)CC1.I. The fraction of sp³-hybridized carbons (Fsp3) is 0.435. The first kappa shape index (κ1) is 24.7. The van der Waals surface area contributed by atoms with E-state index < -0.39 is 9.84 Å². The van der Waals surface area contributed by atoms with Crippen molar-refractivity contribution in [2.24, 2.45) is 10.9 Å². The van der Waals surface area contributed by atoms with Crippen LogP contribution in [-0.2, 0) is 16.3 Å². The number of sulfone groups is 1. The Balaban J connectivity index is 0.00000320. The number of guanidine groups is 1. The lowest BCUT2D eigenvalue weighted by atomic mass is 9.90. The average molecular weight is 541 g/mol. The van der Waals surface area contributed by atoms with Crippen LogP contribution in [0.1, 0.15) is 24.8 Å². The van der Waals surface area contributed by atoms with Crippen LogP contribution in [-0.4, -0.2) is 51.7 Å². The van der Waals surface area contributed by atoms with Gasteiger partial charge in [0, 0.05) is 26.7 Å². The first-order valence-corrected chi connectivity index (χ1v) is 12.0. The monoisotopic (exact) mass is 541 g/mol. The van der Waals surface area contributed by atoms with E-state index in [9.17, 15) is 8.42 Å². The van der Waals surface area contributed by atoms with Crippen molar-refractivity contribution in [1.82, 2.24) is 10.2 Å². The maximum Gasteiger partial charge on any atom is 0.193 e. The lowest BCUT2D eigenvalue weighted by Crippen LogP contribution is -2.46. The van der Waals surface area contributed by atoms with E-state index in [1.165, 1.54) is 5.56 Å². The third kappa shape index (κ3) is 7.27. The fourth-order valence-corrected chi connectivity index (χ4v) is 5.17. The molecule has 30 heavy (non-hydrogen) atoms. The number of nitrogens with one attached hydrogen (secondary N) is 1.